The predicted octanol–water partition coefficient (Wildman–Crippen LogP) is 1.86. The zero-order valence-corrected chi connectivity index (χ0v) is 15.2. The van der Waals surface area contributed by atoms with E-state index in [4.69, 9.17) is 9.47 Å². The minimum atomic E-state index is -0.928. The van der Waals surface area contributed by atoms with E-state index in [2.05, 4.69) is 23.8 Å². The van der Waals surface area contributed by atoms with E-state index in [1.54, 1.807) is 0 Å². The Hall–Kier alpha value is -4.27. The first-order valence-electron chi connectivity index (χ1n) is 8.22. The molecule has 0 fully saturated rings. The maximum absolute atomic E-state index is 12.6. The van der Waals surface area contributed by atoms with Gasteiger partial charge < -0.3 is 14.8 Å². The lowest BCUT2D eigenvalue weighted by Crippen LogP contribution is -2.35. The third-order valence-electron chi connectivity index (χ3n) is 3.98. The van der Waals surface area contributed by atoms with Gasteiger partial charge in [-0.1, -0.05) is 25.3 Å². The molecule has 3 rings (SSSR count). The van der Waals surface area contributed by atoms with Gasteiger partial charge in [-0.15, -0.1) is 0 Å². The Bertz CT molecular complexity index is 1150. The van der Waals surface area contributed by atoms with Crippen LogP contribution in [0.4, 0.5) is 5.69 Å². The number of nitrogens with one attached hydrogen (secondary N) is 2. The van der Waals surface area contributed by atoms with Gasteiger partial charge in [0, 0.05) is 35.4 Å². The molecular formula is C20H14N2O7. The maximum atomic E-state index is 12.6. The van der Waals surface area contributed by atoms with Crippen LogP contribution in [0.1, 0.15) is 27.6 Å². The quantitative estimate of drug-likeness (QED) is 0.343. The molecule has 2 aromatic carbocycles. The SMILES string of the molecule is C=CC(=O)Oc1c(NC(C)=O)c2c3c(cccc3c1OC(=O)C=C)C(=O)NC2=O. The Balaban J connectivity index is 2.52. The molecule has 1 aliphatic rings. The van der Waals surface area contributed by atoms with Gasteiger partial charge in [-0.05, 0) is 6.07 Å². The molecule has 9 heteroatoms. The smallest absolute Gasteiger partial charge is 0.335 e. The number of carbonyl (C=O) groups is 5. The third kappa shape index (κ3) is 3.36. The van der Waals surface area contributed by atoms with Crippen molar-refractivity contribution in [3.05, 3.63) is 54.6 Å². The van der Waals surface area contributed by atoms with E-state index >= 15 is 0 Å². The summed E-state index contributed by atoms with van der Waals surface area (Å²) in [6, 6.07) is 4.43. The average molecular weight is 394 g/mol. The van der Waals surface area contributed by atoms with Gasteiger partial charge in [0.05, 0.1) is 5.56 Å². The summed E-state index contributed by atoms with van der Waals surface area (Å²) in [5.41, 5.74) is -0.235. The molecule has 0 radical (unpaired) electrons. The molecule has 0 aromatic heterocycles. The first-order chi connectivity index (χ1) is 13.8. The zero-order chi connectivity index (χ0) is 21.3. The number of amides is 3. The fourth-order valence-electron chi connectivity index (χ4n) is 2.91. The first-order valence-corrected chi connectivity index (χ1v) is 8.22. The minimum absolute atomic E-state index is 0.112. The van der Waals surface area contributed by atoms with E-state index in [-0.39, 0.29) is 39.1 Å². The molecule has 29 heavy (non-hydrogen) atoms. The Kier molecular flexibility index (Phi) is 4.97. The lowest BCUT2D eigenvalue weighted by Gasteiger charge is -2.24. The molecule has 0 unspecified atom stereocenters. The minimum Gasteiger partial charge on any atom is -0.419 e. The number of esters is 2. The van der Waals surface area contributed by atoms with Crippen LogP contribution in [0.5, 0.6) is 11.5 Å². The lowest BCUT2D eigenvalue weighted by molar-refractivity contribution is -0.131. The fraction of sp³-hybridized carbons (Fsp3) is 0.0500. The molecule has 1 aliphatic heterocycles. The highest BCUT2D eigenvalue weighted by atomic mass is 16.6. The van der Waals surface area contributed by atoms with Crippen LogP contribution in [-0.4, -0.2) is 29.7 Å². The molecule has 146 valence electrons. The highest BCUT2D eigenvalue weighted by molar-refractivity contribution is 6.30. The molecule has 3 amide bonds. The number of hydrogen-bond donors (Lipinski definition) is 2. The molecule has 0 saturated carbocycles. The molecule has 2 aromatic rings. The number of rotatable bonds is 5. The van der Waals surface area contributed by atoms with E-state index in [9.17, 15) is 24.0 Å². The van der Waals surface area contributed by atoms with E-state index in [1.807, 2.05) is 0 Å². The molecule has 0 spiro atoms. The highest BCUT2D eigenvalue weighted by Gasteiger charge is 2.34. The second-order valence-corrected chi connectivity index (χ2v) is 5.85. The first kappa shape index (κ1) is 19.5. The van der Waals surface area contributed by atoms with Crippen LogP contribution < -0.4 is 20.1 Å². The second kappa shape index (κ2) is 7.39. The predicted molar refractivity (Wildman–Crippen MR) is 102 cm³/mol. The summed E-state index contributed by atoms with van der Waals surface area (Å²) in [7, 11) is 0. The lowest BCUT2D eigenvalue weighted by atomic mass is 9.92. The normalized spacial score (nSPS) is 12.0. The third-order valence-corrected chi connectivity index (χ3v) is 3.98. The van der Waals surface area contributed by atoms with Crippen molar-refractivity contribution in [3.8, 4) is 11.5 Å². The van der Waals surface area contributed by atoms with Gasteiger partial charge >= 0.3 is 11.9 Å². The summed E-state index contributed by atoms with van der Waals surface area (Å²) in [6.45, 7) is 7.78. The molecule has 1 heterocycles. The highest BCUT2D eigenvalue weighted by Crippen LogP contribution is 2.47. The van der Waals surface area contributed by atoms with Crippen LogP contribution in [0.3, 0.4) is 0 Å². The van der Waals surface area contributed by atoms with Gasteiger partial charge in [0.15, 0.2) is 11.5 Å². The van der Waals surface area contributed by atoms with Gasteiger partial charge in [-0.3, -0.25) is 19.7 Å². The number of imide groups is 1. The summed E-state index contributed by atoms with van der Waals surface area (Å²) >= 11 is 0. The van der Waals surface area contributed by atoms with E-state index in [0.717, 1.165) is 12.2 Å². The summed E-state index contributed by atoms with van der Waals surface area (Å²) in [5.74, 6) is -4.55. The van der Waals surface area contributed by atoms with Crippen molar-refractivity contribution >= 4 is 46.1 Å². The standard InChI is InChI=1S/C20H14N2O7/c1-4-12(24)28-17-10-7-6-8-11-14(10)15(20(27)22-19(11)26)16(21-9(3)23)18(17)29-13(25)5-2/h4-8H,1-2H2,3H3,(H,21,23)(H,22,26,27). The Morgan fingerprint density at radius 2 is 1.62 bits per heavy atom. The van der Waals surface area contributed by atoms with Crippen LogP contribution in [0, 0.1) is 0 Å². The Morgan fingerprint density at radius 1 is 1.00 bits per heavy atom. The fourth-order valence-corrected chi connectivity index (χ4v) is 2.91. The Labute approximate surface area is 164 Å². The molecule has 2 N–H and O–H groups in total. The maximum Gasteiger partial charge on any atom is 0.335 e. The monoisotopic (exact) mass is 394 g/mol. The molecule has 0 bridgehead atoms. The molecule has 0 aliphatic carbocycles. The van der Waals surface area contributed by atoms with Crippen LogP contribution in [0.2, 0.25) is 0 Å². The van der Waals surface area contributed by atoms with Crippen LogP contribution in [-0.2, 0) is 14.4 Å². The van der Waals surface area contributed by atoms with Crippen LogP contribution in [0.15, 0.2) is 43.5 Å². The van der Waals surface area contributed by atoms with Crippen molar-refractivity contribution in [2.75, 3.05) is 5.32 Å². The van der Waals surface area contributed by atoms with Crippen molar-refractivity contribution in [3.63, 3.8) is 0 Å². The zero-order valence-electron chi connectivity index (χ0n) is 15.2. The molecule has 0 saturated heterocycles. The van der Waals surface area contributed by atoms with Crippen LogP contribution >= 0.6 is 0 Å². The number of carbonyl (C=O) groups excluding carboxylic acids is 5. The van der Waals surface area contributed by atoms with Crippen molar-refractivity contribution in [2.45, 2.75) is 6.92 Å². The van der Waals surface area contributed by atoms with E-state index in [0.29, 0.717) is 0 Å². The Morgan fingerprint density at radius 3 is 2.21 bits per heavy atom. The van der Waals surface area contributed by atoms with E-state index in [1.165, 1.54) is 25.1 Å². The second-order valence-electron chi connectivity index (χ2n) is 5.85. The number of benzene rings is 2. The summed E-state index contributed by atoms with van der Waals surface area (Å²) in [4.78, 5) is 60.5. The van der Waals surface area contributed by atoms with E-state index < -0.39 is 29.7 Å². The van der Waals surface area contributed by atoms with Crippen LogP contribution in [0.25, 0.3) is 10.8 Å². The van der Waals surface area contributed by atoms with Gasteiger partial charge in [-0.2, -0.15) is 0 Å². The topological polar surface area (TPSA) is 128 Å². The molecule has 9 nitrogen and oxygen atoms in total. The summed E-state index contributed by atoms with van der Waals surface area (Å²) in [6.07, 6.45) is 1.73. The number of anilines is 1. The van der Waals surface area contributed by atoms with Crippen molar-refractivity contribution in [1.82, 2.24) is 5.32 Å². The van der Waals surface area contributed by atoms with Crippen molar-refractivity contribution in [1.29, 1.82) is 0 Å². The van der Waals surface area contributed by atoms with Gasteiger partial charge in [0.2, 0.25) is 5.91 Å². The average Bonchev–Trinajstić information content (AvgIpc) is 2.68. The number of ether oxygens (including phenoxy) is 2. The van der Waals surface area contributed by atoms with Crippen molar-refractivity contribution < 1.29 is 33.4 Å². The molecular weight excluding hydrogens is 380 g/mol. The van der Waals surface area contributed by atoms with Gasteiger partial charge in [0.25, 0.3) is 11.8 Å². The van der Waals surface area contributed by atoms with Gasteiger partial charge in [-0.25, -0.2) is 9.59 Å². The largest absolute Gasteiger partial charge is 0.419 e. The van der Waals surface area contributed by atoms with Gasteiger partial charge in [0.1, 0.15) is 5.69 Å². The summed E-state index contributed by atoms with van der Waals surface area (Å²) in [5, 5.41) is 4.86. The summed E-state index contributed by atoms with van der Waals surface area (Å²) < 4.78 is 10.5. The number of hydrogen-bond acceptors (Lipinski definition) is 7. The molecule has 0 atom stereocenters. The van der Waals surface area contributed by atoms with Crippen molar-refractivity contribution in [2.24, 2.45) is 0 Å².